The topological polar surface area (TPSA) is 75.6 Å². The maximum Gasteiger partial charge on any atom is 3.00 e. The van der Waals surface area contributed by atoms with Crippen LogP contribution in [0.4, 0.5) is 0 Å². The molecule has 0 saturated heterocycles. The second kappa shape index (κ2) is 17.8. The van der Waals surface area contributed by atoms with Crippen molar-refractivity contribution in [2.75, 3.05) is 0 Å². The first-order valence-corrected chi connectivity index (χ1v) is 19.8. The van der Waals surface area contributed by atoms with Gasteiger partial charge in [-0.25, -0.2) is 0 Å². The van der Waals surface area contributed by atoms with Crippen LogP contribution in [0.5, 0.6) is 0 Å². The van der Waals surface area contributed by atoms with Crippen molar-refractivity contribution in [1.29, 1.82) is 5.26 Å². The number of pyridine rings is 3. The second-order valence-electron chi connectivity index (χ2n) is 15.7. The van der Waals surface area contributed by atoms with Gasteiger partial charge in [-0.2, -0.15) is 5.26 Å². The number of nitrogens with zero attached hydrogens (tertiary/aromatic N) is 4. The van der Waals surface area contributed by atoms with E-state index < -0.39 is 36.3 Å². The molecule has 0 unspecified atom stereocenters. The number of furan rings is 1. The molecule has 0 spiro atoms. The third kappa shape index (κ3) is 9.07. The first-order chi connectivity index (χ1) is 33.5. The molecule has 4 heterocycles. The largest absolute Gasteiger partial charge is 3.00 e. The van der Waals surface area contributed by atoms with Crippen molar-refractivity contribution in [3.05, 3.63) is 209 Å². The first kappa shape index (κ1) is 31.4. The zero-order chi connectivity index (χ0) is 50.9. The number of aryl methyl sites for hydroxylation is 2. The molecule has 9 aromatic rings. The molecule has 0 fully saturated rings. The van der Waals surface area contributed by atoms with Gasteiger partial charge in [0, 0.05) is 34.9 Å². The summed E-state index contributed by atoms with van der Waals surface area (Å²) in [4.78, 5) is 13.8. The standard InChI is InChI=1S/C56H45N4O.Ir/c1-55(2,45-22-26-50(59-36-45)43-12-7-5-8-13-43)32-41-28-39(29-42(30-41)33-56(3,4)46-23-27-51(60-37-46)44-14-9-6-10-15-44)19-18-38-21-25-52(58-35-38)49-17-11-16-48-47-24-20-40(34-57)31-53(47)61-54(48)49;/h5-12,14,16,20-31,35-37H,18-19,32-33H2,1-4H3;/q-3;+3/i18D2,19D2,20D,31D,32D2,33D2;. The predicted molar refractivity (Wildman–Crippen MR) is 245 cm³/mol. The zero-order valence-electron chi connectivity index (χ0n) is 44.3. The number of aromatic nitrogens is 3. The molecule has 304 valence electrons. The summed E-state index contributed by atoms with van der Waals surface area (Å²) in [6.45, 7) is 6.81. The van der Waals surface area contributed by atoms with Gasteiger partial charge in [-0.1, -0.05) is 99.3 Å². The van der Waals surface area contributed by atoms with Crippen molar-refractivity contribution in [2.24, 2.45) is 0 Å². The molecule has 0 saturated carbocycles. The van der Waals surface area contributed by atoms with E-state index in [1.165, 1.54) is 42.6 Å². The number of hydrogen-bond donors (Lipinski definition) is 0. The van der Waals surface area contributed by atoms with Crippen LogP contribution in [0, 0.1) is 29.5 Å². The minimum absolute atomic E-state index is 0. The molecule has 5 aromatic carbocycles. The van der Waals surface area contributed by atoms with Crippen LogP contribution in [-0.4, -0.2) is 15.0 Å². The Morgan fingerprint density at radius 1 is 0.629 bits per heavy atom. The summed E-state index contributed by atoms with van der Waals surface area (Å²) in [5.74, 6) is 0. The molecule has 0 aliphatic heterocycles. The Morgan fingerprint density at radius 3 is 1.74 bits per heavy atom. The van der Waals surface area contributed by atoms with Gasteiger partial charge in [0.25, 0.3) is 0 Å². The van der Waals surface area contributed by atoms with Crippen LogP contribution >= 0.6 is 0 Å². The van der Waals surface area contributed by atoms with E-state index in [2.05, 4.69) is 33.2 Å². The molecule has 6 heteroatoms. The van der Waals surface area contributed by atoms with Crippen LogP contribution in [0.15, 0.2) is 156 Å². The number of benzene rings is 5. The van der Waals surface area contributed by atoms with Gasteiger partial charge in [-0.15, -0.1) is 90.0 Å². The first-order valence-electron chi connectivity index (χ1n) is 24.8. The zero-order valence-corrected chi connectivity index (χ0v) is 36.7. The quantitative estimate of drug-likeness (QED) is 0.114. The Labute approximate surface area is 392 Å². The third-order valence-corrected chi connectivity index (χ3v) is 10.6. The maximum absolute atomic E-state index is 9.84. The fraction of sp³-hybridized carbons (Fsp3) is 0.179. The van der Waals surface area contributed by atoms with E-state index in [0.29, 0.717) is 38.9 Å². The van der Waals surface area contributed by atoms with Crippen molar-refractivity contribution in [1.82, 2.24) is 15.0 Å². The van der Waals surface area contributed by atoms with Crippen molar-refractivity contribution in [3.63, 3.8) is 0 Å². The molecule has 0 aliphatic carbocycles. The fourth-order valence-corrected chi connectivity index (χ4v) is 7.28. The van der Waals surface area contributed by atoms with E-state index in [1.54, 1.807) is 88.6 Å². The third-order valence-electron chi connectivity index (χ3n) is 10.6. The Kier molecular flexibility index (Phi) is 9.02. The van der Waals surface area contributed by atoms with E-state index in [1.807, 2.05) is 42.5 Å². The minimum Gasteiger partial charge on any atom is -0.501 e. The van der Waals surface area contributed by atoms with Crippen LogP contribution in [-0.2, 0) is 56.4 Å². The molecule has 62 heavy (non-hydrogen) atoms. The molecule has 0 bridgehead atoms. The van der Waals surface area contributed by atoms with Gasteiger partial charge < -0.3 is 19.4 Å². The molecular formula is C56H45IrN4O. The average molecular weight is 992 g/mol. The van der Waals surface area contributed by atoms with E-state index in [-0.39, 0.29) is 76.9 Å². The van der Waals surface area contributed by atoms with Gasteiger partial charge in [-0.05, 0) is 98.9 Å². The second-order valence-corrected chi connectivity index (χ2v) is 15.7. The summed E-state index contributed by atoms with van der Waals surface area (Å²) in [6, 6.07) is 44.5. The average Bonchev–Trinajstić information content (AvgIpc) is 3.75. The molecule has 4 aromatic heterocycles. The van der Waals surface area contributed by atoms with Gasteiger partial charge in [-0.3, -0.25) is 0 Å². The SMILES string of the molecule is [2H]c1cc2c(oc3c(-c4ccc(C([2H])([2H])C([2H])([2H])c5cc(C([2H])([2H])C(C)(C)c6ccc(-c7[c-]cccc7)nc6)cc(C([2H])([2H])C(C)(C)c6ccc(-c7[c-]cccc7)nc6)c5)cn4)[c-]ccc32)c([2H])c1C#N.[Ir+3]. The van der Waals surface area contributed by atoms with Crippen molar-refractivity contribution in [3.8, 4) is 39.8 Å². The number of nitriles is 1. The minimum atomic E-state index is -2.92. The number of rotatable bonds is 12. The molecule has 0 atom stereocenters. The van der Waals surface area contributed by atoms with Crippen LogP contribution < -0.4 is 0 Å². The maximum atomic E-state index is 9.84. The van der Waals surface area contributed by atoms with Gasteiger partial charge in [0.15, 0.2) is 0 Å². The Hall–Kier alpha value is -6.51. The van der Waals surface area contributed by atoms with Crippen LogP contribution in [0.1, 0.15) is 80.3 Å². The van der Waals surface area contributed by atoms with Gasteiger partial charge in [0.05, 0.1) is 20.0 Å². The Morgan fingerprint density at radius 2 is 1.21 bits per heavy atom. The summed E-state index contributed by atoms with van der Waals surface area (Å²) in [5, 5.41) is 10.6. The summed E-state index contributed by atoms with van der Waals surface area (Å²) in [5.41, 5.74) is 1.47. The summed E-state index contributed by atoms with van der Waals surface area (Å²) >= 11 is 0. The van der Waals surface area contributed by atoms with E-state index in [4.69, 9.17) is 7.16 Å². The van der Waals surface area contributed by atoms with E-state index >= 15 is 0 Å². The van der Waals surface area contributed by atoms with Gasteiger partial charge >= 0.3 is 20.1 Å². The molecule has 0 aliphatic rings. The monoisotopic (exact) mass is 992 g/mol. The Balaban J connectivity index is 0.00000693. The molecule has 9 rings (SSSR count). The normalized spacial score (nSPS) is 15.0. The van der Waals surface area contributed by atoms with Crippen LogP contribution in [0.3, 0.4) is 0 Å². The number of hydrogen-bond acceptors (Lipinski definition) is 5. The van der Waals surface area contributed by atoms with Gasteiger partial charge in [0.2, 0.25) is 0 Å². The molecule has 0 radical (unpaired) electrons. The van der Waals surface area contributed by atoms with Crippen molar-refractivity contribution >= 4 is 21.9 Å². The molecule has 0 N–H and O–H groups in total. The smallest absolute Gasteiger partial charge is 0.501 e. The predicted octanol–water partition coefficient (Wildman–Crippen LogP) is 12.9. The number of fused-ring (bicyclic) bond motifs is 3. The van der Waals surface area contributed by atoms with Crippen molar-refractivity contribution in [2.45, 2.75) is 64.0 Å². The van der Waals surface area contributed by atoms with E-state index in [0.717, 1.165) is 11.1 Å². The van der Waals surface area contributed by atoms with Crippen LogP contribution in [0.2, 0.25) is 0 Å². The summed E-state index contributed by atoms with van der Waals surface area (Å²) < 4.78 is 100. The molecule has 0 amide bonds. The Bertz CT molecular complexity index is 3380. The summed E-state index contributed by atoms with van der Waals surface area (Å²) in [6.07, 6.45) is -6.02. The molecule has 5 nitrogen and oxygen atoms in total. The fourth-order valence-electron chi connectivity index (χ4n) is 7.28. The van der Waals surface area contributed by atoms with Gasteiger partial charge in [0.1, 0.15) is 5.58 Å². The van der Waals surface area contributed by atoms with Crippen molar-refractivity contribution < 1.29 is 38.2 Å². The van der Waals surface area contributed by atoms with E-state index in [9.17, 15) is 16.2 Å². The molecular weight excluding hydrogens is 937 g/mol. The van der Waals surface area contributed by atoms with Crippen LogP contribution in [0.25, 0.3) is 55.7 Å². The summed E-state index contributed by atoms with van der Waals surface area (Å²) in [7, 11) is 0.